The third-order valence-corrected chi connectivity index (χ3v) is 3.76. The monoisotopic (exact) mass is 319 g/mol. The lowest BCUT2D eigenvalue weighted by Gasteiger charge is -2.14. The van der Waals surface area contributed by atoms with Crippen LogP contribution < -0.4 is 10.6 Å². The molecule has 2 heterocycles. The molecule has 0 aliphatic rings. The Morgan fingerprint density at radius 3 is 2.87 bits per heavy atom. The van der Waals surface area contributed by atoms with E-state index in [9.17, 15) is 4.79 Å². The summed E-state index contributed by atoms with van der Waals surface area (Å²) in [4.78, 5) is 15.9. The molecule has 0 bridgehead atoms. The summed E-state index contributed by atoms with van der Waals surface area (Å²) < 4.78 is 7.17. The van der Waals surface area contributed by atoms with Gasteiger partial charge in [-0.15, -0.1) is 0 Å². The van der Waals surface area contributed by atoms with Crippen LogP contribution in [-0.2, 0) is 13.0 Å². The van der Waals surface area contributed by atoms with Crippen LogP contribution >= 0.6 is 0 Å². The van der Waals surface area contributed by atoms with Crippen molar-refractivity contribution in [2.75, 3.05) is 6.54 Å². The smallest absolute Gasteiger partial charge is 0.315 e. The van der Waals surface area contributed by atoms with Gasteiger partial charge in [0.05, 0.1) is 12.0 Å². The number of amides is 2. The van der Waals surface area contributed by atoms with Crippen LogP contribution in [-0.4, -0.2) is 33.3 Å². The van der Waals surface area contributed by atoms with Gasteiger partial charge in [0, 0.05) is 37.1 Å². The molecular formula is C16H25N5O2. The van der Waals surface area contributed by atoms with Gasteiger partial charge in [-0.1, -0.05) is 5.16 Å². The van der Waals surface area contributed by atoms with Crippen molar-refractivity contribution in [2.24, 2.45) is 0 Å². The summed E-state index contributed by atoms with van der Waals surface area (Å²) in [5, 5.41) is 9.76. The number of nitrogens with zero attached hydrogens (tertiary/aromatic N) is 3. The van der Waals surface area contributed by atoms with Gasteiger partial charge in [0.25, 0.3) is 0 Å². The fourth-order valence-electron chi connectivity index (χ4n) is 2.47. The van der Waals surface area contributed by atoms with E-state index >= 15 is 0 Å². The number of rotatable bonds is 8. The molecule has 2 amide bonds. The third kappa shape index (κ3) is 5.43. The van der Waals surface area contributed by atoms with Gasteiger partial charge in [-0.05, 0) is 40.0 Å². The molecule has 2 aromatic heterocycles. The summed E-state index contributed by atoms with van der Waals surface area (Å²) in [6.45, 7) is 7.37. The van der Waals surface area contributed by atoms with Gasteiger partial charge in [0.2, 0.25) is 0 Å². The minimum absolute atomic E-state index is 0.0257. The van der Waals surface area contributed by atoms with Crippen molar-refractivity contribution in [1.29, 1.82) is 0 Å². The highest BCUT2D eigenvalue weighted by Gasteiger charge is 2.14. The molecule has 7 nitrogen and oxygen atoms in total. The van der Waals surface area contributed by atoms with Crippen LogP contribution in [0.25, 0.3) is 0 Å². The maximum Gasteiger partial charge on any atom is 0.315 e. The lowest BCUT2D eigenvalue weighted by Crippen LogP contribution is -2.42. The number of carbonyl (C=O) groups excluding carboxylic acids is 1. The number of hydrogen-bond acceptors (Lipinski definition) is 4. The Morgan fingerprint density at radius 2 is 2.22 bits per heavy atom. The van der Waals surface area contributed by atoms with E-state index in [1.165, 1.54) is 0 Å². The Bertz CT molecular complexity index is 587. The van der Waals surface area contributed by atoms with Crippen LogP contribution in [0.1, 0.15) is 36.8 Å². The number of aryl methyl sites for hydroxylation is 3. The molecule has 2 N–H and O–H groups in total. The number of carbonyl (C=O) groups is 1. The molecule has 2 aromatic rings. The second-order valence-corrected chi connectivity index (χ2v) is 5.82. The molecule has 0 spiro atoms. The van der Waals surface area contributed by atoms with E-state index in [2.05, 4.69) is 20.8 Å². The zero-order valence-electron chi connectivity index (χ0n) is 14.0. The number of aromatic nitrogens is 3. The van der Waals surface area contributed by atoms with Crippen molar-refractivity contribution < 1.29 is 9.32 Å². The molecule has 0 fully saturated rings. The second kappa shape index (κ2) is 8.36. The minimum atomic E-state index is -0.133. The molecule has 0 saturated heterocycles. The van der Waals surface area contributed by atoms with E-state index < -0.39 is 0 Å². The van der Waals surface area contributed by atoms with Crippen LogP contribution in [0.5, 0.6) is 0 Å². The molecule has 126 valence electrons. The van der Waals surface area contributed by atoms with Crippen molar-refractivity contribution in [2.45, 2.75) is 52.6 Å². The molecule has 0 aromatic carbocycles. The first-order valence-electron chi connectivity index (χ1n) is 7.98. The molecule has 1 atom stereocenters. The average Bonchev–Trinajstić information content (AvgIpc) is 3.12. The highest BCUT2D eigenvalue weighted by molar-refractivity contribution is 5.74. The maximum atomic E-state index is 11.9. The Morgan fingerprint density at radius 1 is 1.39 bits per heavy atom. The summed E-state index contributed by atoms with van der Waals surface area (Å²) in [7, 11) is 0. The van der Waals surface area contributed by atoms with Crippen LogP contribution in [0.2, 0.25) is 0 Å². The summed E-state index contributed by atoms with van der Waals surface area (Å²) in [6.07, 6.45) is 8.17. The molecule has 0 aliphatic carbocycles. The Labute approximate surface area is 136 Å². The van der Waals surface area contributed by atoms with Gasteiger partial charge in [-0.3, -0.25) is 0 Å². The van der Waals surface area contributed by atoms with Gasteiger partial charge in [-0.2, -0.15) is 0 Å². The zero-order chi connectivity index (χ0) is 16.7. The first kappa shape index (κ1) is 17.1. The minimum Gasteiger partial charge on any atom is -0.361 e. The van der Waals surface area contributed by atoms with Crippen LogP contribution in [0.3, 0.4) is 0 Å². The van der Waals surface area contributed by atoms with E-state index in [4.69, 9.17) is 4.52 Å². The van der Waals surface area contributed by atoms with Crippen molar-refractivity contribution >= 4 is 6.03 Å². The van der Waals surface area contributed by atoms with Gasteiger partial charge in [0.15, 0.2) is 0 Å². The molecular weight excluding hydrogens is 294 g/mol. The van der Waals surface area contributed by atoms with E-state index in [1.54, 1.807) is 12.5 Å². The number of unbranched alkanes of at least 4 members (excludes halogenated alkanes) is 1. The summed E-state index contributed by atoms with van der Waals surface area (Å²) in [5.74, 6) is 0.816. The SMILES string of the molecule is Cc1noc(C)c1C[C@@H](C)NC(=O)NCCCCn1ccnc1. The summed E-state index contributed by atoms with van der Waals surface area (Å²) >= 11 is 0. The third-order valence-electron chi connectivity index (χ3n) is 3.76. The highest BCUT2D eigenvalue weighted by Crippen LogP contribution is 2.14. The first-order valence-corrected chi connectivity index (χ1v) is 7.98. The number of nitrogens with one attached hydrogen (secondary N) is 2. The van der Waals surface area contributed by atoms with Gasteiger partial charge >= 0.3 is 6.03 Å². The predicted molar refractivity (Wildman–Crippen MR) is 87.1 cm³/mol. The van der Waals surface area contributed by atoms with E-state index in [-0.39, 0.29) is 12.1 Å². The Hall–Kier alpha value is -2.31. The van der Waals surface area contributed by atoms with Gasteiger partial charge < -0.3 is 19.7 Å². The van der Waals surface area contributed by atoms with Crippen LogP contribution in [0.15, 0.2) is 23.2 Å². The topological polar surface area (TPSA) is 85.0 Å². The predicted octanol–water partition coefficient (Wildman–Crippen LogP) is 2.20. The van der Waals surface area contributed by atoms with Crippen molar-refractivity contribution in [3.05, 3.63) is 35.7 Å². The molecule has 7 heteroatoms. The van der Waals surface area contributed by atoms with Crippen LogP contribution in [0, 0.1) is 13.8 Å². The molecule has 23 heavy (non-hydrogen) atoms. The zero-order valence-corrected chi connectivity index (χ0v) is 14.0. The van der Waals surface area contributed by atoms with Crippen molar-refractivity contribution in [3.8, 4) is 0 Å². The number of urea groups is 1. The quantitative estimate of drug-likeness (QED) is 0.731. The number of hydrogen-bond donors (Lipinski definition) is 2. The Balaban J connectivity index is 1.60. The first-order chi connectivity index (χ1) is 11.1. The molecule has 0 aliphatic heterocycles. The average molecular weight is 319 g/mol. The summed E-state index contributed by atoms with van der Waals surface area (Å²) in [6, 6.07) is -0.107. The molecule has 2 rings (SSSR count). The van der Waals surface area contributed by atoms with E-state index in [0.29, 0.717) is 6.54 Å². The largest absolute Gasteiger partial charge is 0.361 e. The molecule has 0 unspecified atom stereocenters. The van der Waals surface area contributed by atoms with E-state index in [1.807, 2.05) is 31.5 Å². The normalized spacial score (nSPS) is 12.1. The second-order valence-electron chi connectivity index (χ2n) is 5.82. The molecule has 0 radical (unpaired) electrons. The van der Waals surface area contributed by atoms with Crippen LogP contribution in [0.4, 0.5) is 4.79 Å². The van der Waals surface area contributed by atoms with Crippen molar-refractivity contribution in [3.63, 3.8) is 0 Å². The van der Waals surface area contributed by atoms with Crippen molar-refractivity contribution in [1.82, 2.24) is 25.3 Å². The van der Waals surface area contributed by atoms with Gasteiger partial charge in [0.1, 0.15) is 5.76 Å². The van der Waals surface area contributed by atoms with Gasteiger partial charge in [-0.25, -0.2) is 9.78 Å². The fourth-order valence-corrected chi connectivity index (χ4v) is 2.47. The summed E-state index contributed by atoms with van der Waals surface area (Å²) in [5.41, 5.74) is 1.95. The Kier molecular flexibility index (Phi) is 6.19. The fraction of sp³-hybridized carbons (Fsp3) is 0.562. The molecule has 0 saturated carbocycles. The number of imidazole rings is 1. The lowest BCUT2D eigenvalue weighted by molar-refractivity contribution is 0.237. The van der Waals surface area contributed by atoms with E-state index in [0.717, 1.165) is 42.8 Å². The maximum absolute atomic E-state index is 11.9. The standard InChI is InChI=1S/C16H25N5O2/c1-12(10-15-13(2)20-23-14(15)3)19-16(22)18-6-4-5-8-21-9-7-17-11-21/h7,9,11-12H,4-6,8,10H2,1-3H3,(H2,18,19,22)/t12-/m1/s1. The highest BCUT2D eigenvalue weighted by atomic mass is 16.5. The lowest BCUT2D eigenvalue weighted by atomic mass is 10.1.